The summed E-state index contributed by atoms with van der Waals surface area (Å²) >= 11 is 0. The third-order valence-electron chi connectivity index (χ3n) is 3.64. The molecule has 144 valence electrons. The summed E-state index contributed by atoms with van der Waals surface area (Å²) in [6, 6.07) is 12.1. The van der Waals surface area contributed by atoms with Gasteiger partial charge in [-0.1, -0.05) is 6.07 Å². The molecule has 0 spiro atoms. The van der Waals surface area contributed by atoms with Crippen molar-refractivity contribution in [1.29, 1.82) is 0 Å². The van der Waals surface area contributed by atoms with Crippen molar-refractivity contribution in [3.05, 3.63) is 59.9 Å². The van der Waals surface area contributed by atoms with Crippen LogP contribution in [0.25, 0.3) is 0 Å². The molecule has 3 amide bonds. The van der Waals surface area contributed by atoms with Gasteiger partial charge in [0.15, 0.2) is 0 Å². The number of carbonyl (C=O) groups excluding carboxylic acids is 2. The number of benzene rings is 2. The van der Waals surface area contributed by atoms with Crippen LogP contribution in [0.2, 0.25) is 0 Å². The molecular formula is C20H24FN3O3. The number of hydrogen-bond acceptors (Lipinski definition) is 3. The molecule has 2 N–H and O–H groups in total. The van der Waals surface area contributed by atoms with Gasteiger partial charge in [-0.25, -0.2) is 9.18 Å². The molecule has 0 aliphatic carbocycles. The quantitative estimate of drug-likeness (QED) is 0.780. The molecule has 0 aliphatic rings. The van der Waals surface area contributed by atoms with Crippen LogP contribution in [0.3, 0.4) is 0 Å². The number of nitrogens with one attached hydrogen (secondary N) is 2. The van der Waals surface area contributed by atoms with Crippen molar-refractivity contribution in [2.75, 3.05) is 25.5 Å². The van der Waals surface area contributed by atoms with E-state index in [-0.39, 0.29) is 30.4 Å². The van der Waals surface area contributed by atoms with Gasteiger partial charge < -0.3 is 20.3 Å². The molecule has 0 heterocycles. The fourth-order valence-corrected chi connectivity index (χ4v) is 2.31. The number of halogens is 1. The Morgan fingerprint density at radius 3 is 2.52 bits per heavy atom. The Bertz CT molecular complexity index is 778. The van der Waals surface area contributed by atoms with Crippen LogP contribution in [0.1, 0.15) is 24.2 Å². The van der Waals surface area contributed by atoms with Crippen molar-refractivity contribution >= 4 is 17.6 Å². The average molecular weight is 373 g/mol. The second-order valence-corrected chi connectivity index (χ2v) is 6.36. The maximum Gasteiger partial charge on any atom is 0.319 e. The first-order valence-corrected chi connectivity index (χ1v) is 8.66. The minimum absolute atomic E-state index is 0.0158. The van der Waals surface area contributed by atoms with E-state index in [1.165, 1.54) is 29.2 Å². The summed E-state index contributed by atoms with van der Waals surface area (Å²) in [6.07, 6.45) is 0. The maximum atomic E-state index is 12.9. The molecule has 0 aromatic heterocycles. The zero-order valence-corrected chi connectivity index (χ0v) is 15.7. The highest BCUT2D eigenvalue weighted by molar-refractivity contribution is 5.96. The molecule has 6 nitrogen and oxygen atoms in total. The summed E-state index contributed by atoms with van der Waals surface area (Å²) < 4.78 is 18.4. The molecular weight excluding hydrogens is 349 g/mol. The third kappa shape index (κ3) is 6.62. The van der Waals surface area contributed by atoms with Crippen LogP contribution in [-0.4, -0.2) is 43.1 Å². The second kappa shape index (κ2) is 9.56. The molecule has 0 bridgehead atoms. The summed E-state index contributed by atoms with van der Waals surface area (Å²) in [6.45, 7) is 4.37. The fraction of sp³-hybridized carbons (Fsp3) is 0.300. The molecule has 2 rings (SSSR count). The maximum absolute atomic E-state index is 12.9. The average Bonchev–Trinajstić information content (AvgIpc) is 2.62. The molecule has 2 aromatic carbocycles. The Labute approximate surface area is 158 Å². The SMILES string of the molecule is CC(C)NC(=O)Nc1cccc(C(=O)N(C)CCOc2ccc(F)cc2)c1. The predicted octanol–water partition coefficient (Wildman–Crippen LogP) is 3.51. The Kier molecular flexibility index (Phi) is 7.16. The lowest BCUT2D eigenvalue weighted by Crippen LogP contribution is -2.34. The normalized spacial score (nSPS) is 10.4. The minimum Gasteiger partial charge on any atom is -0.492 e. The molecule has 0 atom stereocenters. The smallest absolute Gasteiger partial charge is 0.319 e. The Hall–Kier alpha value is -3.09. The monoisotopic (exact) mass is 373 g/mol. The molecule has 0 saturated heterocycles. The van der Waals surface area contributed by atoms with E-state index in [4.69, 9.17) is 4.74 Å². The van der Waals surface area contributed by atoms with Gasteiger partial charge in [0.05, 0.1) is 6.54 Å². The van der Waals surface area contributed by atoms with Gasteiger partial charge in [-0.3, -0.25) is 4.79 Å². The van der Waals surface area contributed by atoms with Gasteiger partial charge in [0, 0.05) is 24.3 Å². The second-order valence-electron chi connectivity index (χ2n) is 6.36. The lowest BCUT2D eigenvalue weighted by molar-refractivity contribution is 0.0774. The van der Waals surface area contributed by atoms with E-state index >= 15 is 0 Å². The zero-order chi connectivity index (χ0) is 19.8. The number of ether oxygens (including phenoxy) is 1. The van der Waals surface area contributed by atoms with Crippen LogP contribution in [0.5, 0.6) is 5.75 Å². The fourth-order valence-electron chi connectivity index (χ4n) is 2.31. The number of urea groups is 1. The number of anilines is 1. The van der Waals surface area contributed by atoms with Gasteiger partial charge in [-0.15, -0.1) is 0 Å². The van der Waals surface area contributed by atoms with Crippen LogP contribution in [0.15, 0.2) is 48.5 Å². The van der Waals surface area contributed by atoms with Gasteiger partial charge in [0.2, 0.25) is 0 Å². The van der Waals surface area contributed by atoms with Crippen molar-refractivity contribution in [3.8, 4) is 5.75 Å². The van der Waals surface area contributed by atoms with Gasteiger partial charge in [-0.2, -0.15) is 0 Å². The van der Waals surface area contributed by atoms with E-state index in [1.54, 1.807) is 31.3 Å². The number of amides is 3. The molecule has 27 heavy (non-hydrogen) atoms. The van der Waals surface area contributed by atoms with E-state index < -0.39 is 0 Å². The van der Waals surface area contributed by atoms with E-state index in [2.05, 4.69) is 10.6 Å². The first kappa shape index (κ1) is 20.2. The van der Waals surface area contributed by atoms with Gasteiger partial charge in [0.25, 0.3) is 5.91 Å². The molecule has 0 unspecified atom stereocenters. The zero-order valence-electron chi connectivity index (χ0n) is 15.7. The molecule has 0 aliphatic heterocycles. The number of hydrogen-bond donors (Lipinski definition) is 2. The minimum atomic E-state index is -0.329. The van der Waals surface area contributed by atoms with Crippen LogP contribution >= 0.6 is 0 Å². The summed E-state index contributed by atoms with van der Waals surface area (Å²) in [5.74, 6) is 0.0236. The van der Waals surface area contributed by atoms with Crippen LogP contribution in [0.4, 0.5) is 14.9 Å². The predicted molar refractivity (Wildman–Crippen MR) is 103 cm³/mol. The molecule has 7 heteroatoms. The van der Waals surface area contributed by atoms with Crippen molar-refractivity contribution in [1.82, 2.24) is 10.2 Å². The van der Waals surface area contributed by atoms with E-state index in [9.17, 15) is 14.0 Å². The number of rotatable bonds is 7. The standard InChI is InChI=1S/C20H24FN3O3/c1-14(2)22-20(26)23-17-6-4-5-15(13-17)19(25)24(3)11-12-27-18-9-7-16(21)8-10-18/h4-10,13-14H,11-12H2,1-3H3,(H2,22,23,26). The lowest BCUT2D eigenvalue weighted by atomic mass is 10.2. The largest absolute Gasteiger partial charge is 0.492 e. The van der Waals surface area contributed by atoms with Crippen molar-refractivity contribution in [3.63, 3.8) is 0 Å². The van der Waals surface area contributed by atoms with Gasteiger partial charge in [-0.05, 0) is 56.3 Å². The number of nitrogens with zero attached hydrogens (tertiary/aromatic N) is 1. The van der Waals surface area contributed by atoms with E-state index in [1.807, 2.05) is 13.8 Å². The Morgan fingerprint density at radius 2 is 1.85 bits per heavy atom. The summed E-state index contributed by atoms with van der Waals surface area (Å²) in [7, 11) is 1.67. The van der Waals surface area contributed by atoms with Crippen LogP contribution in [-0.2, 0) is 0 Å². The van der Waals surface area contributed by atoms with Gasteiger partial charge >= 0.3 is 6.03 Å². The highest BCUT2D eigenvalue weighted by atomic mass is 19.1. The van der Waals surface area contributed by atoms with Gasteiger partial charge in [0.1, 0.15) is 18.2 Å². The third-order valence-corrected chi connectivity index (χ3v) is 3.64. The van der Waals surface area contributed by atoms with Crippen molar-refractivity contribution in [2.24, 2.45) is 0 Å². The molecule has 0 radical (unpaired) electrons. The summed E-state index contributed by atoms with van der Waals surface area (Å²) in [4.78, 5) is 25.8. The summed E-state index contributed by atoms with van der Waals surface area (Å²) in [5, 5.41) is 5.42. The van der Waals surface area contributed by atoms with E-state index in [0.29, 0.717) is 23.5 Å². The Morgan fingerprint density at radius 1 is 1.15 bits per heavy atom. The topological polar surface area (TPSA) is 70.7 Å². The first-order valence-electron chi connectivity index (χ1n) is 8.66. The molecule has 0 fully saturated rings. The molecule has 0 saturated carbocycles. The highest BCUT2D eigenvalue weighted by Crippen LogP contribution is 2.13. The van der Waals surface area contributed by atoms with Crippen molar-refractivity contribution < 1.29 is 18.7 Å². The first-order chi connectivity index (χ1) is 12.8. The van der Waals surface area contributed by atoms with Crippen LogP contribution in [0, 0.1) is 5.82 Å². The lowest BCUT2D eigenvalue weighted by Gasteiger charge is -2.18. The van der Waals surface area contributed by atoms with Crippen LogP contribution < -0.4 is 15.4 Å². The Balaban J connectivity index is 1.89. The number of likely N-dealkylation sites (N-methyl/N-ethyl adjacent to an activating group) is 1. The molecule has 2 aromatic rings. The number of carbonyl (C=O) groups is 2. The van der Waals surface area contributed by atoms with E-state index in [0.717, 1.165) is 0 Å². The van der Waals surface area contributed by atoms with Crippen molar-refractivity contribution in [2.45, 2.75) is 19.9 Å². The highest BCUT2D eigenvalue weighted by Gasteiger charge is 2.13. The summed E-state index contributed by atoms with van der Waals surface area (Å²) in [5.41, 5.74) is 0.997.